The number of aryl methyl sites for hydroxylation is 1. The fourth-order valence-corrected chi connectivity index (χ4v) is 3.22. The second-order valence-corrected chi connectivity index (χ2v) is 6.35. The highest BCUT2D eigenvalue weighted by molar-refractivity contribution is 6.33. The molecule has 1 aliphatic heterocycles. The van der Waals surface area contributed by atoms with Crippen molar-refractivity contribution in [1.82, 2.24) is 4.90 Å². The van der Waals surface area contributed by atoms with E-state index >= 15 is 0 Å². The Labute approximate surface area is 146 Å². The number of anilines is 1. The number of hydrogen-bond donors (Lipinski definition) is 1. The summed E-state index contributed by atoms with van der Waals surface area (Å²) in [5.74, 6) is -0.342. The maximum absolute atomic E-state index is 12.8. The minimum absolute atomic E-state index is 0.151. The van der Waals surface area contributed by atoms with E-state index < -0.39 is 6.04 Å². The quantitative estimate of drug-likeness (QED) is 0.919. The van der Waals surface area contributed by atoms with E-state index in [4.69, 9.17) is 11.6 Å². The SMILES string of the molecule is Cc1ccccc1NC(=O)[C@H]1CCCN1C(=O)c1ccccc1Cl. The molecule has 1 saturated heterocycles. The first-order chi connectivity index (χ1) is 11.6. The topological polar surface area (TPSA) is 49.4 Å². The molecule has 1 aliphatic rings. The normalized spacial score (nSPS) is 16.9. The molecule has 0 bridgehead atoms. The number of rotatable bonds is 3. The summed E-state index contributed by atoms with van der Waals surface area (Å²) in [6.07, 6.45) is 1.47. The fourth-order valence-electron chi connectivity index (χ4n) is 3.00. The summed E-state index contributed by atoms with van der Waals surface area (Å²) in [5, 5.41) is 3.35. The number of benzene rings is 2. The third-order valence-electron chi connectivity index (χ3n) is 4.32. The van der Waals surface area contributed by atoms with Crippen LogP contribution in [0.5, 0.6) is 0 Å². The summed E-state index contributed by atoms with van der Waals surface area (Å²) in [4.78, 5) is 27.0. The van der Waals surface area contributed by atoms with Crippen LogP contribution in [0.1, 0.15) is 28.8 Å². The van der Waals surface area contributed by atoms with Crippen LogP contribution in [0.15, 0.2) is 48.5 Å². The Bertz CT molecular complexity index is 775. The monoisotopic (exact) mass is 342 g/mol. The van der Waals surface area contributed by atoms with Crippen LogP contribution in [0.2, 0.25) is 5.02 Å². The summed E-state index contributed by atoms with van der Waals surface area (Å²) >= 11 is 6.13. The van der Waals surface area contributed by atoms with Gasteiger partial charge in [-0.15, -0.1) is 0 Å². The number of nitrogens with one attached hydrogen (secondary N) is 1. The molecule has 4 nitrogen and oxygen atoms in total. The zero-order valence-electron chi connectivity index (χ0n) is 13.5. The van der Waals surface area contributed by atoms with Crippen LogP contribution in [-0.4, -0.2) is 29.3 Å². The van der Waals surface area contributed by atoms with Crippen LogP contribution in [0.25, 0.3) is 0 Å². The first-order valence-corrected chi connectivity index (χ1v) is 8.37. The van der Waals surface area contributed by atoms with Crippen molar-refractivity contribution in [3.8, 4) is 0 Å². The van der Waals surface area contributed by atoms with Crippen molar-refractivity contribution in [3.05, 3.63) is 64.7 Å². The van der Waals surface area contributed by atoms with E-state index in [-0.39, 0.29) is 11.8 Å². The molecule has 24 heavy (non-hydrogen) atoms. The third kappa shape index (κ3) is 3.29. The molecule has 0 unspecified atom stereocenters. The Morgan fingerprint density at radius 1 is 1.12 bits per heavy atom. The smallest absolute Gasteiger partial charge is 0.256 e. The van der Waals surface area contributed by atoms with Gasteiger partial charge in [0.15, 0.2) is 0 Å². The molecular formula is C19H19ClN2O2. The lowest BCUT2D eigenvalue weighted by atomic mass is 10.1. The van der Waals surface area contributed by atoms with E-state index in [2.05, 4.69) is 5.32 Å². The molecule has 3 rings (SSSR count). The summed E-state index contributed by atoms with van der Waals surface area (Å²) in [5.41, 5.74) is 2.21. The minimum atomic E-state index is -0.464. The molecule has 1 heterocycles. The number of carbonyl (C=O) groups excluding carboxylic acids is 2. The first kappa shape index (κ1) is 16.5. The number of amides is 2. The van der Waals surface area contributed by atoms with Gasteiger partial charge in [0.05, 0.1) is 10.6 Å². The van der Waals surface area contributed by atoms with Crippen LogP contribution in [0.3, 0.4) is 0 Å². The average Bonchev–Trinajstić information content (AvgIpc) is 3.06. The lowest BCUT2D eigenvalue weighted by Crippen LogP contribution is -2.43. The van der Waals surface area contributed by atoms with Gasteiger partial charge >= 0.3 is 0 Å². The van der Waals surface area contributed by atoms with Gasteiger partial charge in [-0.05, 0) is 43.5 Å². The van der Waals surface area contributed by atoms with Crippen LogP contribution in [0, 0.1) is 6.92 Å². The number of nitrogens with zero attached hydrogens (tertiary/aromatic N) is 1. The molecule has 124 valence electrons. The second-order valence-electron chi connectivity index (χ2n) is 5.94. The molecule has 0 aliphatic carbocycles. The molecule has 5 heteroatoms. The molecule has 1 fully saturated rings. The first-order valence-electron chi connectivity index (χ1n) is 8.00. The van der Waals surface area contributed by atoms with Gasteiger partial charge in [-0.1, -0.05) is 41.9 Å². The molecule has 1 N–H and O–H groups in total. The standard InChI is InChI=1S/C19H19ClN2O2/c1-13-7-2-5-10-16(13)21-18(23)17-11-6-12-22(17)19(24)14-8-3-4-9-15(14)20/h2-5,7-10,17H,6,11-12H2,1H3,(H,21,23)/t17-/m1/s1. The van der Waals surface area contributed by atoms with Crippen molar-refractivity contribution in [2.45, 2.75) is 25.8 Å². The average molecular weight is 343 g/mol. The summed E-state index contributed by atoms with van der Waals surface area (Å²) in [6.45, 7) is 2.51. The summed E-state index contributed by atoms with van der Waals surface area (Å²) < 4.78 is 0. The zero-order valence-corrected chi connectivity index (χ0v) is 14.2. The molecule has 1 atom stereocenters. The Kier molecular flexibility index (Phi) is 4.86. The van der Waals surface area contributed by atoms with Crippen molar-refractivity contribution >= 4 is 29.1 Å². The van der Waals surface area contributed by atoms with Crippen molar-refractivity contribution in [3.63, 3.8) is 0 Å². The van der Waals surface area contributed by atoms with Gasteiger partial charge < -0.3 is 10.2 Å². The Hall–Kier alpha value is -2.33. The van der Waals surface area contributed by atoms with Gasteiger partial charge in [0.25, 0.3) is 5.91 Å². The summed E-state index contributed by atoms with van der Waals surface area (Å²) in [7, 11) is 0. The predicted molar refractivity (Wildman–Crippen MR) is 95.3 cm³/mol. The maximum Gasteiger partial charge on any atom is 0.256 e. The number of hydrogen-bond acceptors (Lipinski definition) is 2. The Balaban J connectivity index is 1.78. The van der Waals surface area contributed by atoms with E-state index in [9.17, 15) is 9.59 Å². The van der Waals surface area contributed by atoms with Crippen LogP contribution < -0.4 is 5.32 Å². The highest BCUT2D eigenvalue weighted by atomic mass is 35.5. The lowest BCUT2D eigenvalue weighted by molar-refractivity contribution is -0.119. The predicted octanol–water partition coefficient (Wildman–Crippen LogP) is 3.89. The van der Waals surface area contributed by atoms with Crippen molar-refractivity contribution in [2.75, 3.05) is 11.9 Å². The maximum atomic E-state index is 12.8. The van der Waals surface area contributed by atoms with Crippen LogP contribution >= 0.6 is 11.6 Å². The Morgan fingerprint density at radius 2 is 1.83 bits per heavy atom. The number of para-hydroxylation sites is 1. The zero-order chi connectivity index (χ0) is 17.1. The van der Waals surface area contributed by atoms with E-state index in [0.29, 0.717) is 23.6 Å². The van der Waals surface area contributed by atoms with Gasteiger partial charge in [0.2, 0.25) is 5.91 Å². The van der Waals surface area contributed by atoms with Gasteiger partial charge in [-0.25, -0.2) is 0 Å². The molecule has 2 aromatic carbocycles. The van der Waals surface area contributed by atoms with E-state index in [1.807, 2.05) is 31.2 Å². The molecule has 0 saturated carbocycles. The van der Waals surface area contributed by atoms with Gasteiger partial charge in [-0.3, -0.25) is 9.59 Å². The lowest BCUT2D eigenvalue weighted by Gasteiger charge is -2.24. The Morgan fingerprint density at radius 3 is 2.58 bits per heavy atom. The minimum Gasteiger partial charge on any atom is -0.327 e. The summed E-state index contributed by atoms with van der Waals surface area (Å²) in [6, 6.07) is 14.1. The number of halogens is 1. The second kappa shape index (κ2) is 7.05. The number of carbonyl (C=O) groups is 2. The largest absolute Gasteiger partial charge is 0.327 e. The van der Waals surface area contributed by atoms with Crippen molar-refractivity contribution in [2.24, 2.45) is 0 Å². The molecule has 2 amide bonds. The molecule has 0 radical (unpaired) electrons. The van der Waals surface area contributed by atoms with E-state index in [0.717, 1.165) is 17.7 Å². The van der Waals surface area contributed by atoms with Gasteiger partial charge in [0, 0.05) is 12.2 Å². The van der Waals surface area contributed by atoms with Crippen LogP contribution in [-0.2, 0) is 4.79 Å². The van der Waals surface area contributed by atoms with E-state index in [1.165, 1.54) is 0 Å². The molecular weight excluding hydrogens is 324 g/mol. The van der Waals surface area contributed by atoms with Crippen molar-refractivity contribution < 1.29 is 9.59 Å². The number of likely N-dealkylation sites (tertiary alicyclic amines) is 1. The van der Waals surface area contributed by atoms with Gasteiger partial charge in [-0.2, -0.15) is 0 Å². The highest BCUT2D eigenvalue weighted by Crippen LogP contribution is 2.25. The molecule has 0 spiro atoms. The third-order valence-corrected chi connectivity index (χ3v) is 4.65. The highest BCUT2D eigenvalue weighted by Gasteiger charge is 2.35. The van der Waals surface area contributed by atoms with Crippen LogP contribution in [0.4, 0.5) is 5.69 Å². The van der Waals surface area contributed by atoms with E-state index in [1.54, 1.807) is 29.2 Å². The molecule has 2 aromatic rings. The van der Waals surface area contributed by atoms with Gasteiger partial charge in [0.1, 0.15) is 6.04 Å². The molecule has 0 aromatic heterocycles. The fraction of sp³-hybridized carbons (Fsp3) is 0.263. The van der Waals surface area contributed by atoms with Crippen molar-refractivity contribution in [1.29, 1.82) is 0 Å².